The second-order valence-electron chi connectivity index (χ2n) is 4.74. The lowest BCUT2D eigenvalue weighted by Crippen LogP contribution is -1.95. The zero-order chi connectivity index (χ0) is 14.3. The number of aromatic nitrogens is 1. The number of fused-ring (bicyclic) bond motifs is 1. The quantitative estimate of drug-likeness (QED) is 0.739. The Morgan fingerprint density at radius 1 is 1.15 bits per heavy atom. The summed E-state index contributed by atoms with van der Waals surface area (Å²) in [5.74, 6) is -1.35. The zero-order valence-electron chi connectivity index (χ0n) is 10.8. The van der Waals surface area contributed by atoms with Crippen LogP contribution in [-0.4, -0.2) is 16.1 Å². The predicted octanol–water partition coefficient (Wildman–Crippen LogP) is 3.98. The summed E-state index contributed by atoms with van der Waals surface area (Å²) < 4.78 is 14.1. The maximum Gasteiger partial charge on any atom is 0.352 e. The number of benzene rings is 2. The van der Waals surface area contributed by atoms with Crippen LogP contribution in [0.5, 0.6) is 0 Å². The van der Waals surface area contributed by atoms with Gasteiger partial charge in [0.25, 0.3) is 0 Å². The maximum absolute atomic E-state index is 14.1. The molecule has 0 amide bonds. The van der Waals surface area contributed by atoms with Gasteiger partial charge >= 0.3 is 5.97 Å². The monoisotopic (exact) mass is 269 g/mol. The molecule has 4 heteroatoms. The number of carboxylic acid groups (broad SMARTS) is 1. The first kappa shape index (κ1) is 12.4. The van der Waals surface area contributed by atoms with Gasteiger partial charge in [-0.2, -0.15) is 0 Å². The van der Waals surface area contributed by atoms with Crippen molar-refractivity contribution in [2.24, 2.45) is 0 Å². The predicted molar refractivity (Wildman–Crippen MR) is 75.4 cm³/mol. The first-order chi connectivity index (χ1) is 9.56. The largest absolute Gasteiger partial charge is 0.477 e. The maximum atomic E-state index is 14.1. The van der Waals surface area contributed by atoms with Gasteiger partial charge < -0.3 is 10.1 Å². The van der Waals surface area contributed by atoms with Gasteiger partial charge in [-0.3, -0.25) is 0 Å². The molecule has 2 N–H and O–H groups in total. The van der Waals surface area contributed by atoms with Gasteiger partial charge in [0.1, 0.15) is 11.5 Å². The van der Waals surface area contributed by atoms with E-state index in [0.29, 0.717) is 16.6 Å². The van der Waals surface area contributed by atoms with Crippen LogP contribution in [0.15, 0.2) is 42.5 Å². The molecule has 0 aliphatic carbocycles. The number of aryl methyl sites for hydroxylation is 1. The number of hydrogen-bond acceptors (Lipinski definition) is 1. The summed E-state index contributed by atoms with van der Waals surface area (Å²) in [6, 6.07) is 11.9. The van der Waals surface area contributed by atoms with Crippen LogP contribution < -0.4 is 0 Å². The smallest absolute Gasteiger partial charge is 0.352 e. The summed E-state index contributed by atoms with van der Waals surface area (Å²) >= 11 is 0. The lowest BCUT2D eigenvalue weighted by molar-refractivity contribution is 0.0691. The van der Waals surface area contributed by atoms with Gasteiger partial charge in [0, 0.05) is 16.5 Å². The van der Waals surface area contributed by atoms with Crippen molar-refractivity contribution in [2.45, 2.75) is 6.92 Å². The number of nitrogens with one attached hydrogen (secondary N) is 1. The first-order valence-electron chi connectivity index (χ1n) is 6.18. The molecular weight excluding hydrogens is 257 g/mol. The average molecular weight is 269 g/mol. The summed E-state index contributed by atoms with van der Waals surface area (Å²) in [5, 5.41) is 9.78. The van der Waals surface area contributed by atoms with Gasteiger partial charge in [-0.25, -0.2) is 9.18 Å². The van der Waals surface area contributed by atoms with Crippen LogP contribution in [0.4, 0.5) is 4.39 Å². The number of aromatic amines is 1. The van der Waals surface area contributed by atoms with E-state index in [9.17, 15) is 9.18 Å². The summed E-state index contributed by atoms with van der Waals surface area (Å²) in [7, 11) is 0. The summed E-state index contributed by atoms with van der Waals surface area (Å²) in [4.78, 5) is 13.9. The molecule has 0 saturated carbocycles. The van der Waals surface area contributed by atoms with E-state index < -0.39 is 5.97 Å². The van der Waals surface area contributed by atoms with E-state index in [1.165, 1.54) is 6.07 Å². The fraction of sp³-hybridized carbons (Fsp3) is 0.0625. The van der Waals surface area contributed by atoms with E-state index in [4.69, 9.17) is 5.11 Å². The lowest BCUT2D eigenvalue weighted by atomic mass is 10.0. The molecule has 1 heterocycles. The Hall–Kier alpha value is -2.62. The van der Waals surface area contributed by atoms with Gasteiger partial charge in [0.15, 0.2) is 0 Å². The van der Waals surface area contributed by atoms with Crippen molar-refractivity contribution >= 4 is 16.9 Å². The van der Waals surface area contributed by atoms with Crippen LogP contribution in [0.2, 0.25) is 0 Å². The topological polar surface area (TPSA) is 53.1 Å². The standard InChI is InChI=1S/C16H12FNO2/c1-9-5-6-11(13(17)7-9)12-4-2-3-10-8-14(16(19)20)18-15(10)12/h2-8,18H,1H3,(H,19,20). The van der Waals surface area contributed by atoms with E-state index >= 15 is 0 Å². The molecule has 0 aliphatic rings. The van der Waals surface area contributed by atoms with E-state index in [1.54, 1.807) is 30.3 Å². The summed E-state index contributed by atoms with van der Waals surface area (Å²) in [6.07, 6.45) is 0. The highest BCUT2D eigenvalue weighted by Crippen LogP contribution is 2.30. The molecule has 0 saturated heterocycles. The van der Waals surface area contributed by atoms with Crippen molar-refractivity contribution in [3.63, 3.8) is 0 Å². The Morgan fingerprint density at radius 2 is 1.95 bits per heavy atom. The molecule has 3 nitrogen and oxygen atoms in total. The summed E-state index contributed by atoms with van der Waals surface area (Å²) in [5.41, 5.74) is 2.69. The highest BCUT2D eigenvalue weighted by Gasteiger charge is 2.13. The van der Waals surface area contributed by atoms with Crippen molar-refractivity contribution in [1.82, 2.24) is 4.98 Å². The van der Waals surface area contributed by atoms with E-state index in [0.717, 1.165) is 10.9 Å². The van der Waals surface area contributed by atoms with Crippen molar-refractivity contribution < 1.29 is 14.3 Å². The molecule has 100 valence electrons. The van der Waals surface area contributed by atoms with Gasteiger partial charge in [-0.15, -0.1) is 0 Å². The number of halogens is 1. The minimum atomic E-state index is -1.03. The van der Waals surface area contributed by atoms with Crippen LogP contribution >= 0.6 is 0 Å². The van der Waals surface area contributed by atoms with E-state index in [-0.39, 0.29) is 11.5 Å². The van der Waals surface area contributed by atoms with Gasteiger partial charge in [-0.1, -0.05) is 30.3 Å². The normalized spacial score (nSPS) is 10.9. The molecule has 0 spiro atoms. The van der Waals surface area contributed by atoms with Crippen molar-refractivity contribution in [2.75, 3.05) is 0 Å². The zero-order valence-corrected chi connectivity index (χ0v) is 10.8. The minimum Gasteiger partial charge on any atom is -0.477 e. The van der Waals surface area contributed by atoms with Crippen LogP contribution in [-0.2, 0) is 0 Å². The molecule has 0 atom stereocenters. The third kappa shape index (κ3) is 1.95. The lowest BCUT2D eigenvalue weighted by Gasteiger charge is -2.06. The van der Waals surface area contributed by atoms with Gasteiger partial charge in [0.2, 0.25) is 0 Å². The molecule has 3 rings (SSSR count). The highest BCUT2D eigenvalue weighted by molar-refractivity contribution is 6.00. The highest BCUT2D eigenvalue weighted by atomic mass is 19.1. The van der Waals surface area contributed by atoms with Crippen LogP contribution in [0.25, 0.3) is 22.0 Å². The molecule has 0 fully saturated rings. The number of H-pyrrole nitrogens is 1. The molecule has 0 unspecified atom stereocenters. The molecule has 0 aliphatic heterocycles. The van der Waals surface area contributed by atoms with Crippen molar-refractivity contribution in [3.8, 4) is 11.1 Å². The van der Waals surface area contributed by atoms with Gasteiger partial charge in [-0.05, 0) is 24.6 Å². The number of carbonyl (C=O) groups is 1. The van der Waals surface area contributed by atoms with E-state index in [2.05, 4.69) is 4.98 Å². The Balaban J connectivity index is 2.28. The molecule has 2 aromatic carbocycles. The fourth-order valence-corrected chi connectivity index (χ4v) is 2.33. The fourth-order valence-electron chi connectivity index (χ4n) is 2.33. The van der Waals surface area contributed by atoms with E-state index in [1.807, 2.05) is 13.0 Å². The van der Waals surface area contributed by atoms with Gasteiger partial charge in [0.05, 0.1) is 5.52 Å². The number of carboxylic acids is 1. The Labute approximate surface area is 114 Å². The van der Waals surface area contributed by atoms with Crippen molar-refractivity contribution in [3.05, 3.63) is 59.5 Å². The van der Waals surface area contributed by atoms with Crippen LogP contribution in [0.3, 0.4) is 0 Å². The molecule has 20 heavy (non-hydrogen) atoms. The molecular formula is C16H12FNO2. The minimum absolute atomic E-state index is 0.0972. The first-order valence-corrected chi connectivity index (χ1v) is 6.18. The third-order valence-electron chi connectivity index (χ3n) is 3.30. The Morgan fingerprint density at radius 3 is 2.65 bits per heavy atom. The Kier molecular flexibility index (Phi) is 2.79. The Bertz CT molecular complexity index is 820. The number of aromatic carboxylic acids is 1. The second-order valence-corrected chi connectivity index (χ2v) is 4.74. The summed E-state index contributed by atoms with van der Waals surface area (Å²) in [6.45, 7) is 1.82. The molecule has 1 aromatic heterocycles. The van der Waals surface area contributed by atoms with Crippen LogP contribution in [0.1, 0.15) is 16.1 Å². The molecule has 0 bridgehead atoms. The number of para-hydroxylation sites is 1. The number of rotatable bonds is 2. The molecule has 0 radical (unpaired) electrons. The molecule has 3 aromatic rings. The third-order valence-corrected chi connectivity index (χ3v) is 3.30. The number of hydrogen-bond donors (Lipinski definition) is 2. The average Bonchev–Trinajstić information content (AvgIpc) is 2.83. The SMILES string of the molecule is Cc1ccc(-c2cccc3cc(C(=O)O)[nH]c23)c(F)c1. The van der Waals surface area contributed by atoms with Crippen molar-refractivity contribution in [1.29, 1.82) is 0 Å². The second kappa shape index (κ2) is 4.49. The van der Waals surface area contributed by atoms with Crippen LogP contribution in [0, 0.1) is 12.7 Å².